The number of benzene rings is 2. The first-order chi connectivity index (χ1) is 17.8. The Hall–Kier alpha value is -4.53. The molecule has 0 saturated carbocycles. The average molecular weight is 503 g/mol. The molecule has 2 aromatic heterocycles. The van der Waals surface area contributed by atoms with Crippen LogP contribution in [-0.4, -0.2) is 32.8 Å². The van der Waals surface area contributed by atoms with Crippen LogP contribution in [0.4, 0.5) is 10.5 Å². The highest BCUT2D eigenvalue weighted by Crippen LogP contribution is 2.29. The summed E-state index contributed by atoms with van der Waals surface area (Å²) in [6.07, 6.45) is 3.34. The maximum atomic E-state index is 12.9. The molecule has 0 saturated heterocycles. The van der Waals surface area contributed by atoms with Crippen molar-refractivity contribution in [2.45, 2.75) is 32.9 Å². The Bertz CT molecular complexity index is 1500. The highest BCUT2D eigenvalue weighted by Gasteiger charge is 2.21. The number of pyridine rings is 1. The number of rotatable bonds is 8. The van der Waals surface area contributed by atoms with Crippen molar-refractivity contribution in [3.05, 3.63) is 82.9 Å². The van der Waals surface area contributed by atoms with Gasteiger partial charge in [0.05, 0.1) is 19.1 Å². The van der Waals surface area contributed by atoms with Gasteiger partial charge in [0, 0.05) is 31.5 Å². The van der Waals surface area contributed by atoms with Gasteiger partial charge in [-0.1, -0.05) is 30.3 Å². The van der Waals surface area contributed by atoms with Crippen LogP contribution in [0.1, 0.15) is 31.9 Å². The summed E-state index contributed by atoms with van der Waals surface area (Å²) in [5.74, 6) is -0.826. The molecule has 0 aliphatic rings. The summed E-state index contributed by atoms with van der Waals surface area (Å²) in [7, 11) is 1.51. The monoisotopic (exact) mass is 502 g/mol. The van der Waals surface area contributed by atoms with Crippen molar-refractivity contribution in [3.8, 4) is 16.9 Å². The minimum Gasteiger partial charge on any atom is -0.505 e. The molecule has 2 aromatic carbocycles. The van der Waals surface area contributed by atoms with Gasteiger partial charge >= 0.3 is 12.0 Å². The van der Waals surface area contributed by atoms with E-state index in [0.29, 0.717) is 5.56 Å². The molecular weight excluding hydrogens is 472 g/mol. The summed E-state index contributed by atoms with van der Waals surface area (Å²) < 4.78 is 8.53. The lowest BCUT2D eigenvalue weighted by atomic mass is 9.97. The van der Waals surface area contributed by atoms with Crippen molar-refractivity contribution in [1.29, 1.82) is 0 Å². The van der Waals surface area contributed by atoms with Crippen LogP contribution in [0.2, 0.25) is 0 Å². The fourth-order valence-electron chi connectivity index (χ4n) is 4.26. The van der Waals surface area contributed by atoms with E-state index in [9.17, 15) is 19.5 Å². The summed E-state index contributed by atoms with van der Waals surface area (Å²) in [6.45, 7) is 4.87. The second-order valence-corrected chi connectivity index (χ2v) is 8.65. The summed E-state index contributed by atoms with van der Waals surface area (Å²) >= 11 is 0. The van der Waals surface area contributed by atoms with Gasteiger partial charge in [0.2, 0.25) is 0 Å². The summed E-state index contributed by atoms with van der Waals surface area (Å²) in [4.78, 5) is 37.6. The van der Waals surface area contributed by atoms with Gasteiger partial charge in [-0.15, -0.1) is 0 Å². The lowest BCUT2D eigenvalue weighted by Crippen LogP contribution is -2.36. The molecule has 0 fully saturated rings. The molecule has 4 rings (SSSR count). The number of amides is 2. The lowest BCUT2D eigenvalue weighted by Gasteiger charge is -2.20. The van der Waals surface area contributed by atoms with Gasteiger partial charge in [0.25, 0.3) is 5.56 Å². The third kappa shape index (κ3) is 5.66. The van der Waals surface area contributed by atoms with Crippen LogP contribution in [0.25, 0.3) is 22.0 Å². The predicted molar refractivity (Wildman–Crippen MR) is 143 cm³/mol. The number of nitrogens with zero attached hydrogens (tertiary/aromatic N) is 2. The quantitative estimate of drug-likeness (QED) is 0.306. The predicted octanol–water partition coefficient (Wildman–Crippen LogP) is 4.55. The first kappa shape index (κ1) is 25.6. The third-order valence-corrected chi connectivity index (χ3v) is 6.20. The van der Waals surface area contributed by atoms with Crippen LogP contribution in [0.15, 0.2) is 71.8 Å². The van der Waals surface area contributed by atoms with Crippen molar-refractivity contribution in [3.63, 3.8) is 0 Å². The number of aryl methyl sites for hydroxylation is 2. The molecule has 0 radical (unpaired) electrons. The van der Waals surface area contributed by atoms with Crippen LogP contribution in [0.3, 0.4) is 0 Å². The Morgan fingerprint density at radius 1 is 1.03 bits per heavy atom. The van der Waals surface area contributed by atoms with Crippen molar-refractivity contribution >= 4 is 28.6 Å². The van der Waals surface area contributed by atoms with Crippen LogP contribution in [-0.2, 0) is 23.1 Å². The molecule has 9 nitrogen and oxygen atoms in total. The van der Waals surface area contributed by atoms with Crippen LogP contribution >= 0.6 is 0 Å². The van der Waals surface area contributed by atoms with Gasteiger partial charge in [-0.3, -0.25) is 9.59 Å². The zero-order chi connectivity index (χ0) is 26.5. The molecule has 0 bridgehead atoms. The Balaban J connectivity index is 1.64. The molecule has 0 aliphatic heterocycles. The van der Waals surface area contributed by atoms with E-state index in [2.05, 4.69) is 46.5 Å². The van der Waals surface area contributed by atoms with Gasteiger partial charge in [-0.2, -0.15) is 0 Å². The Kier molecular flexibility index (Phi) is 7.62. The van der Waals surface area contributed by atoms with E-state index in [4.69, 9.17) is 4.74 Å². The summed E-state index contributed by atoms with van der Waals surface area (Å²) in [5.41, 5.74) is 2.92. The minimum absolute atomic E-state index is 0.110. The van der Waals surface area contributed by atoms with E-state index in [-0.39, 0.29) is 24.5 Å². The molecule has 0 spiro atoms. The number of fused-ring (bicyclic) bond motifs is 1. The number of aromatic hydroxyl groups is 1. The molecular formula is C28H30N4O5. The topological polar surface area (TPSA) is 115 Å². The van der Waals surface area contributed by atoms with E-state index in [1.54, 1.807) is 6.92 Å². The van der Waals surface area contributed by atoms with E-state index in [1.807, 2.05) is 30.3 Å². The molecule has 4 aromatic rings. The highest BCUT2D eigenvalue weighted by molar-refractivity contribution is 5.91. The maximum absolute atomic E-state index is 12.9. The van der Waals surface area contributed by atoms with Crippen molar-refractivity contribution in [2.75, 3.05) is 11.9 Å². The number of aromatic nitrogens is 2. The zero-order valence-electron chi connectivity index (χ0n) is 21.0. The molecule has 1 unspecified atom stereocenters. The number of hydrogen-bond donors (Lipinski definition) is 3. The summed E-state index contributed by atoms with van der Waals surface area (Å²) in [5, 5.41) is 16.4. The first-order valence-corrected chi connectivity index (χ1v) is 12.1. The SMILES string of the molecule is CCOC(=O)CC(NC(=O)Nc1c(O)ccn(C)c1=O)c1cccc(-c2ccc3ccn(CC)c3c2)c1. The molecule has 3 N–H and O–H groups in total. The largest absolute Gasteiger partial charge is 0.505 e. The van der Waals surface area contributed by atoms with Gasteiger partial charge in [-0.05, 0) is 60.2 Å². The molecule has 37 heavy (non-hydrogen) atoms. The van der Waals surface area contributed by atoms with Crippen LogP contribution < -0.4 is 16.2 Å². The molecule has 2 amide bonds. The second-order valence-electron chi connectivity index (χ2n) is 8.65. The maximum Gasteiger partial charge on any atom is 0.319 e. The zero-order valence-corrected chi connectivity index (χ0v) is 21.0. The Morgan fingerprint density at radius 3 is 2.57 bits per heavy atom. The standard InChI is InChI=1S/C28H30N4O5/c1-4-32-14-11-18-9-10-20(16-23(18)32)19-7-6-8-21(15-19)22(17-25(34)37-5-2)29-28(36)30-26-24(33)12-13-31(3)27(26)35/h6-16,22,33H,4-5,17H2,1-3H3,(H2,29,30,36). The third-order valence-electron chi connectivity index (χ3n) is 6.20. The van der Waals surface area contributed by atoms with Gasteiger partial charge < -0.3 is 29.6 Å². The number of esters is 1. The summed E-state index contributed by atoms with van der Waals surface area (Å²) in [6, 6.07) is 15.7. The number of carbonyl (C=O) groups excluding carboxylic acids is 2. The Labute approximate surface area is 214 Å². The van der Waals surface area contributed by atoms with Crippen molar-refractivity contribution in [2.24, 2.45) is 7.05 Å². The van der Waals surface area contributed by atoms with E-state index < -0.39 is 23.6 Å². The van der Waals surface area contributed by atoms with E-state index in [0.717, 1.165) is 28.6 Å². The van der Waals surface area contributed by atoms with E-state index in [1.165, 1.54) is 23.9 Å². The second kappa shape index (κ2) is 11.0. The highest BCUT2D eigenvalue weighted by atomic mass is 16.5. The fraction of sp³-hybridized carbons (Fsp3) is 0.250. The molecule has 2 heterocycles. The lowest BCUT2D eigenvalue weighted by molar-refractivity contribution is -0.143. The van der Waals surface area contributed by atoms with Crippen LogP contribution in [0, 0.1) is 0 Å². The first-order valence-electron chi connectivity index (χ1n) is 12.1. The fourth-order valence-corrected chi connectivity index (χ4v) is 4.26. The van der Waals surface area contributed by atoms with Gasteiger partial charge in [-0.25, -0.2) is 4.79 Å². The number of carbonyl (C=O) groups is 2. The number of anilines is 1. The van der Waals surface area contributed by atoms with Crippen molar-refractivity contribution < 1.29 is 19.4 Å². The number of nitrogens with one attached hydrogen (secondary N) is 2. The van der Waals surface area contributed by atoms with Crippen LogP contribution in [0.5, 0.6) is 5.75 Å². The minimum atomic E-state index is -0.739. The number of ether oxygens (including phenoxy) is 1. The molecule has 192 valence electrons. The van der Waals surface area contributed by atoms with Gasteiger partial charge in [0.1, 0.15) is 5.75 Å². The number of hydrogen-bond acceptors (Lipinski definition) is 5. The molecule has 9 heteroatoms. The molecule has 1 atom stereocenters. The normalized spacial score (nSPS) is 11.8. The molecule has 0 aliphatic carbocycles. The van der Waals surface area contributed by atoms with E-state index >= 15 is 0 Å². The number of urea groups is 1. The average Bonchev–Trinajstić information content (AvgIpc) is 3.31. The smallest absolute Gasteiger partial charge is 0.319 e. The van der Waals surface area contributed by atoms with Gasteiger partial charge in [0.15, 0.2) is 5.69 Å². The Morgan fingerprint density at radius 2 is 1.81 bits per heavy atom. The van der Waals surface area contributed by atoms with Crippen molar-refractivity contribution in [1.82, 2.24) is 14.5 Å².